The van der Waals surface area contributed by atoms with Gasteiger partial charge in [-0.2, -0.15) is 0 Å². The van der Waals surface area contributed by atoms with Gasteiger partial charge in [0.1, 0.15) is 17.0 Å². The van der Waals surface area contributed by atoms with Crippen LogP contribution in [-0.4, -0.2) is 24.7 Å². The van der Waals surface area contributed by atoms with Crippen LogP contribution in [0.25, 0.3) is 22.4 Å². The first-order valence-corrected chi connectivity index (χ1v) is 10.4. The van der Waals surface area contributed by atoms with Crippen LogP contribution in [0.1, 0.15) is 37.0 Å². The summed E-state index contributed by atoms with van der Waals surface area (Å²) in [5.74, 6) is 1.26. The van der Waals surface area contributed by atoms with Crippen LogP contribution < -0.4 is 21.6 Å². The number of rotatable bonds is 6. The molecule has 5 rings (SSSR count). The van der Waals surface area contributed by atoms with E-state index in [4.69, 9.17) is 15.9 Å². The molecule has 0 radical (unpaired) electrons. The summed E-state index contributed by atoms with van der Waals surface area (Å²) in [7, 11) is 0. The zero-order valence-corrected chi connectivity index (χ0v) is 17.5. The van der Waals surface area contributed by atoms with Gasteiger partial charge in [-0.1, -0.05) is 11.1 Å². The predicted molar refractivity (Wildman–Crippen MR) is 114 cm³/mol. The van der Waals surface area contributed by atoms with Crippen molar-refractivity contribution in [1.82, 2.24) is 24.7 Å². The fourth-order valence-electron chi connectivity index (χ4n) is 3.87. The van der Waals surface area contributed by atoms with Gasteiger partial charge >= 0.3 is 0 Å². The highest BCUT2D eigenvalue weighted by Gasteiger charge is 2.29. The largest absolute Gasteiger partial charge is 0.421 e. The Morgan fingerprint density at radius 2 is 2.09 bits per heavy atom. The lowest BCUT2D eigenvalue weighted by molar-refractivity contribution is -0.685. The van der Waals surface area contributed by atoms with E-state index in [0.29, 0.717) is 48.0 Å². The molecule has 0 aliphatic heterocycles. The highest BCUT2D eigenvalue weighted by atomic mass is 19.1. The Balaban J connectivity index is 1.43. The van der Waals surface area contributed by atoms with Crippen molar-refractivity contribution in [3.8, 4) is 11.5 Å². The maximum absolute atomic E-state index is 14.3. The van der Waals surface area contributed by atoms with Crippen molar-refractivity contribution in [3.05, 3.63) is 52.4 Å². The molecule has 1 aliphatic carbocycles. The average Bonchev–Trinajstić information content (AvgIpc) is 3.50. The Morgan fingerprint density at radius 3 is 2.81 bits per heavy atom. The number of nitrogen functional groups attached to an aromatic ring is 2. The van der Waals surface area contributed by atoms with E-state index in [1.165, 1.54) is 6.07 Å². The molecule has 4 aromatic rings. The van der Waals surface area contributed by atoms with Crippen LogP contribution in [0.5, 0.6) is 0 Å². The summed E-state index contributed by atoms with van der Waals surface area (Å²) in [6, 6.07) is 4.60. The Morgan fingerprint density at radius 1 is 1.28 bits per heavy atom. The van der Waals surface area contributed by atoms with Gasteiger partial charge in [0.15, 0.2) is 5.56 Å². The van der Waals surface area contributed by atoms with Crippen molar-refractivity contribution in [2.24, 2.45) is 0 Å². The van der Waals surface area contributed by atoms with Gasteiger partial charge in [0.25, 0.3) is 11.4 Å². The molecule has 4 N–H and O–H groups in total. The monoisotopic (exact) mass is 437 g/mol. The third-order valence-corrected chi connectivity index (χ3v) is 5.56. The predicted octanol–water partition coefficient (Wildman–Crippen LogP) is 1.71. The molecule has 0 saturated heterocycles. The molecule has 0 atom stereocenters. The van der Waals surface area contributed by atoms with E-state index in [2.05, 4.69) is 20.2 Å². The minimum absolute atomic E-state index is 0.0454. The summed E-state index contributed by atoms with van der Waals surface area (Å²) in [6.07, 6.45) is 4.48. The average molecular weight is 437 g/mol. The minimum Gasteiger partial charge on any atom is -0.421 e. The molecule has 3 aromatic heterocycles. The zero-order valence-electron chi connectivity index (χ0n) is 17.5. The van der Waals surface area contributed by atoms with Gasteiger partial charge in [0.2, 0.25) is 23.9 Å². The number of nitrogens with two attached hydrogens (primary N) is 2. The normalized spacial score (nSPS) is 13.7. The molecule has 1 aliphatic rings. The van der Waals surface area contributed by atoms with E-state index < -0.39 is 5.82 Å². The highest BCUT2D eigenvalue weighted by Crippen LogP contribution is 2.35. The first kappa shape index (κ1) is 20.0. The number of benzene rings is 1. The first-order valence-electron chi connectivity index (χ1n) is 10.4. The number of fused-ring (bicyclic) bond motifs is 1. The molecular weight excluding hydrogens is 415 g/mol. The van der Waals surface area contributed by atoms with Crippen LogP contribution in [0.3, 0.4) is 0 Å². The Kier molecular flexibility index (Phi) is 4.80. The van der Waals surface area contributed by atoms with Crippen LogP contribution in [0, 0.1) is 12.7 Å². The molecule has 3 heterocycles. The van der Waals surface area contributed by atoms with Gasteiger partial charge in [-0.3, -0.25) is 9.36 Å². The molecule has 0 spiro atoms. The lowest BCUT2D eigenvalue weighted by atomic mass is 10.2. The minimum atomic E-state index is -0.541. The lowest BCUT2D eigenvalue weighted by Crippen LogP contribution is -2.39. The highest BCUT2D eigenvalue weighted by molar-refractivity contribution is 5.78. The molecule has 0 bridgehead atoms. The molecule has 1 fully saturated rings. The van der Waals surface area contributed by atoms with Gasteiger partial charge < -0.3 is 15.9 Å². The molecule has 164 valence electrons. The van der Waals surface area contributed by atoms with E-state index in [-0.39, 0.29) is 28.7 Å². The molecule has 32 heavy (non-hydrogen) atoms. The lowest BCUT2D eigenvalue weighted by Gasteiger charge is -2.13. The van der Waals surface area contributed by atoms with Crippen LogP contribution in [0.2, 0.25) is 0 Å². The van der Waals surface area contributed by atoms with E-state index in [0.717, 1.165) is 12.8 Å². The summed E-state index contributed by atoms with van der Waals surface area (Å²) >= 11 is 0. The number of hydrogen-bond acceptors (Lipinski definition) is 8. The molecule has 0 amide bonds. The third-order valence-electron chi connectivity index (χ3n) is 5.56. The molecule has 0 unspecified atom stereocenters. The SMILES string of the molecule is Cc1nnc(-c2c(N)nc[n+](CCCc3nc4cccc(F)c4c(=O)n3C3CC3)c2N)o1. The second-order valence-electron chi connectivity index (χ2n) is 7.88. The molecule has 1 saturated carbocycles. The summed E-state index contributed by atoms with van der Waals surface area (Å²) in [6.45, 7) is 2.18. The number of aromatic nitrogens is 6. The summed E-state index contributed by atoms with van der Waals surface area (Å²) in [4.78, 5) is 21.8. The first-order chi connectivity index (χ1) is 15.4. The smallest absolute Gasteiger partial charge is 0.264 e. The quantitative estimate of drug-likeness (QED) is 0.434. The van der Waals surface area contributed by atoms with E-state index >= 15 is 0 Å². The Labute approximate surface area is 181 Å². The van der Waals surface area contributed by atoms with Crippen molar-refractivity contribution in [2.75, 3.05) is 11.5 Å². The second kappa shape index (κ2) is 7.66. The van der Waals surface area contributed by atoms with Gasteiger partial charge in [0.05, 0.1) is 12.1 Å². The number of anilines is 2. The van der Waals surface area contributed by atoms with E-state index in [1.54, 1.807) is 34.5 Å². The summed E-state index contributed by atoms with van der Waals surface area (Å²) < 4.78 is 23.1. The van der Waals surface area contributed by atoms with Crippen molar-refractivity contribution in [1.29, 1.82) is 0 Å². The number of hydrogen-bond donors (Lipinski definition) is 2. The maximum atomic E-state index is 14.3. The summed E-state index contributed by atoms with van der Waals surface area (Å²) in [5, 5.41) is 7.84. The molecular formula is C21H22FN8O2+. The second-order valence-corrected chi connectivity index (χ2v) is 7.88. The van der Waals surface area contributed by atoms with E-state index in [1.807, 2.05) is 0 Å². The van der Waals surface area contributed by atoms with Crippen molar-refractivity contribution in [2.45, 2.75) is 45.2 Å². The third kappa shape index (κ3) is 3.45. The fraction of sp³-hybridized carbons (Fsp3) is 0.333. The van der Waals surface area contributed by atoms with Crippen molar-refractivity contribution >= 4 is 22.5 Å². The fourth-order valence-corrected chi connectivity index (χ4v) is 3.87. The van der Waals surface area contributed by atoms with Gasteiger partial charge in [-0.15, -0.1) is 10.2 Å². The number of aryl methyl sites for hydroxylation is 3. The van der Waals surface area contributed by atoms with Crippen molar-refractivity contribution < 1.29 is 13.4 Å². The van der Waals surface area contributed by atoms with Crippen LogP contribution in [-0.2, 0) is 13.0 Å². The Hall–Kier alpha value is -3.89. The summed E-state index contributed by atoms with van der Waals surface area (Å²) in [5.41, 5.74) is 12.7. The van der Waals surface area contributed by atoms with Gasteiger partial charge in [-0.25, -0.2) is 13.9 Å². The molecule has 11 heteroatoms. The van der Waals surface area contributed by atoms with Crippen LogP contribution >= 0.6 is 0 Å². The maximum Gasteiger partial charge on any atom is 0.264 e. The van der Waals surface area contributed by atoms with Crippen molar-refractivity contribution in [3.63, 3.8) is 0 Å². The van der Waals surface area contributed by atoms with E-state index in [9.17, 15) is 9.18 Å². The Bertz CT molecular complexity index is 1390. The zero-order chi connectivity index (χ0) is 22.4. The number of halogens is 1. The van der Waals surface area contributed by atoms with Gasteiger partial charge in [-0.05, 0) is 31.4 Å². The van der Waals surface area contributed by atoms with Gasteiger partial charge in [0, 0.05) is 19.4 Å². The van der Waals surface area contributed by atoms with Crippen LogP contribution in [0.4, 0.5) is 16.0 Å². The molecule has 10 nitrogen and oxygen atoms in total. The topological polar surface area (TPSA) is 143 Å². The standard InChI is InChI=1S/C21H21FN8O2/c1-11-27-28-20(32-11)17-18(23)25-10-29(19(17)24)9-3-6-15-26-14-5-2-4-13(22)16(14)21(31)30(15)12-7-8-12/h2,4-5,10,12H,3,6-9H2,1H3,(H3,23,24,28)/p+1. The number of nitrogens with zero attached hydrogens (tertiary/aromatic N) is 6. The van der Waals surface area contributed by atoms with Crippen LogP contribution in [0.15, 0.2) is 33.7 Å². The molecule has 1 aromatic carbocycles.